The van der Waals surface area contributed by atoms with E-state index in [-0.39, 0.29) is 0 Å². The maximum absolute atomic E-state index is 10.9. The molecule has 0 aliphatic carbocycles. The summed E-state index contributed by atoms with van der Waals surface area (Å²) in [5.41, 5.74) is 5.79. The number of rotatable bonds is 1. The summed E-state index contributed by atoms with van der Waals surface area (Å²) in [6, 6.07) is 3.08. The van der Waals surface area contributed by atoms with Gasteiger partial charge in [-0.05, 0) is 6.07 Å². The summed E-state index contributed by atoms with van der Waals surface area (Å²) < 4.78 is 5.64. The SMILES string of the molecule is COC(=O)c1ccc(N)[n+](N)c1. The highest BCUT2D eigenvalue weighted by molar-refractivity contribution is 5.88. The van der Waals surface area contributed by atoms with Crippen LogP contribution in [0.3, 0.4) is 0 Å². The fourth-order valence-electron chi connectivity index (χ4n) is 0.767. The Balaban J connectivity index is 3.05. The largest absolute Gasteiger partial charge is 0.465 e. The zero-order valence-electron chi connectivity index (χ0n) is 6.65. The van der Waals surface area contributed by atoms with E-state index in [0.717, 1.165) is 4.68 Å². The van der Waals surface area contributed by atoms with Gasteiger partial charge in [0.15, 0.2) is 0 Å². The molecule has 12 heavy (non-hydrogen) atoms. The van der Waals surface area contributed by atoms with Crippen molar-refractivity contribution in [2.45, 2.75) is 0 Å². The number of nitrogens with two attached hydrogens (primary N) is 2. The van der Waals surface area contributed by atoms with E-state index in [1.807, 2.05) is 0 Å². The Bertz CT molecular complexity index is 312. The molecule has 4 N–H and O–H groups in total. The zero-order valence-corrected chi connectivity index (χ0v) is 6.65. The summed E-state index contributed by atoms with van der Waals surface area (Å²) in [7, 11) is 1.31. The van der Waals surface area contributed by atoms with Crippen LogP contribution in [0.2, 0.25) is 0 Å². The van der Waals surface area contributed by atoms with Gasteiger partial charge in [-0.2, -0.15) is 0 Å². The fraction of sp³-hybridized carbons (Fsp3) is 0.143. The first-order chi connectivity index (χ1) is 5.65. The van der Waals surface area contributed by atoms with Crippen LogP contribution >= 0.6 is 0 Å². The normalized spacial score (nSPS) is 9.42. The number of ether oxygens (including phenoxy) is 1. The van der Waals surface area contributed by atoms with Gasteiger partial charge in [0, 0.05) is 6.07 Å². The molecule has 0 radical (unpaired) electrons. The molecule has 0 bridgehead atoms. The highest BCUT2D eigenvalue weighted by Crippen LogP contribution is 1.99. The lowest BCUT2D eigenvalue weighted by Gasteiger charge is -1.98. The summed E-state index contributed by atoms with van der Waals surface area (Å²) >= 11 is 0. The van der Waals surface area contributed by atoms with Crippen molar-refractivity contribution >= 4 is 11.8 Å². The van der Waals surface area contributed by atoms with Gasteiger partial charge >= 0.3 is 5.97 Å². The molecule has 1 aromatic heterocycles. The first-order valence-corrected chi connectivity index (χ1v) is 3.29. The Labute approximate surface area is 69.5 Å². The van der Waals surface area contributed by atoms with Crippen molar-refractivity contribution in [2.24, 2.45) is 0 Å². The highest BCUT2D eigenvalue weighted by Gasteiger charge is 2.09. The molecule has 64 valence electrons. The number of esters is 1. The minimum absolute atomic E-state index is 0.370. The van der Waals surface area contributed by atoms with Crippen LogP contribution in [0.5, 0.6) is 0 Å². The van der Waals surface area contributed by atoms with Crippen LogP contribution in [-0.2, 0) is 4.74 Å². The van der Waals surface area contributed by atoms with E-state index < -0.39 is 5.97 Å². The molecule has 0 fully saturated rings. The molecular weight excluding hydrogens is 158 g/mol. The average molecular weight is 168 g/mol. The molecule has 0 aliphatic rings. The third-order valence-corrected chi connectivity index (χ3v) is 1.43. The lowest BCUT2D eigenvalue weighted by molar-refractivity contribution is -0.623. The molecule has 0 spiro atoms. The summed E-state index contributed by atoms with van der Waals surface area (Å²) in [6.45, 7) is 0. The summed E-state index contributed by atoms with van der Waals surface area (Å²) in [6.07, 6.45) is 1.40. The topological polar surface area (TPSA) is 82.2 Å². The van der Waals surface area contributed by atoms with Crippen LogP contribution in [-0.4, -0.2) is 13.1 Å². The van der Waals surface area contributed by atoms with Crippen molar-refractivity contribution in [1.82, 2.24) is 0 Å². The second-order valence-corrected chi connectivity index (χ2v) is 2.24. The number of hydrogen-bond donors (Lipinski definition) is 2. The van der Waals surface area contributed by atoms with Crippen LogP contribution in [0.1, 0.15) is 10.4 Å². The number of methoxy groups -OCH3 is 1. The van der Waals surface area contributed by atoms with Gasteiger partial charge in [0.05, 0.1) is 7.11 Å². The van der Waals surface area contributed by atoms with E-state index >= 15 is 0 Å². The van der Waals surface area contributed by atoms with Crippen molar-refractivity contribution < 1.29 is 14.2 Å². The Morgan fingerprint density at radius 1 is 1.58 bits per heavy atom. The number of aromatic nitrogens is 1. The van der Waals surface area contributed by atoms with Crippen molar-refractivity contribution in [3.63, 3.8) is 0 Å². The lowest BCUT2D eigenvalue weighted by Crippen LogP contribution is -2.47. The number of nitrogen functional groups attached to an aromatic ring is 2. The van der Waals surface area contributed by atoms with E-state index in [2.05, 4.69) is 4.74 Å². The monoisotopic (exact) mass is 168 g/mol. The second-order valence-electron chi connectivity index (χ2n) is 2.24. The van der Waals surface area contributed by atoms with Gasteiger partial charge in [0.1, 0.15) is 11.8 Å². The van der Waals surface area contributed by atoms with Crippen LogP contribution in [0.4, 0.5) is 5.82 Å². The highest BCUT2D eigenvalue weighted by atomic mass is 16.5. The maximum Gasteiger partial charge on any atom is 0.341 e. The van der Waals surface area contributed by atoms with Crippen molar-refractivity contribution in [1.29, 1.82) is 0 Å². The van der Waals surface area contributed by atoms with Gasteiger partial charge in [-0.3, -0.25) is 11.6 Å². The lowest BCUT2D eigenvalue weighted by atomic mass is 10.3. The minimum Gasteiger partial charge on any atom is -0.465 e. The molecule has 0 aromatic carbocycles. The molecule has 0 atom stereocenters. The van der Waals surface area contributed by atoms with Crippen molar-refractivity contribution in [3.05, 3.63) is 23.9 Å². The molecule has 0 saturated carbocycles. The molecule has 0 amide bonds. The van der Waals surface area contributed by atoms with Gasteiger partial charge < -0.3 is 4.74 Å². The Morgan fingerprint density at radius 3 is 2.75 bits per heavy atom. The fourth-order valence-corrected chi connectivity index (χ4v) is 0.767. The molecule has 1 rings (SSSR count). The maximum atomic E-state index is 10.9. The van der Waals surface area contributed by atoms with Crippen LogP contribution < -0.4 is 16.3 Å². The van der Waals surface area contributed by atoms with Crippen LogP contribution in [0.15, 0.2) is 18.3 Å². The third kappa shape index (κ3) is 1.45. The zero-order chi connectivity index (χ0) is 9.14. The number of nitrogens with zero attached hydrogens (tertiary/aromatic N) is 1. The molecule has 0 saturated heterocycles. The number of pyridine rings is 1. The molecule has 5 heteroatoms. The molecule has 0 aliphatic heterocycles. The molecule has 5 nitrogen and oxygen atoms in total. The van der Waals surface area contributed by atoms with E-state index in [9.17, 15) is 4.79 Å². The van der Waals surface area contributed by atoms with Gasteiger partial charge in [0.25, 0.3) is 5.82 Å². The standard InChI is InChI=1S/C7H9N3O2/c1-12-7(11)5-2-3-6(8)10(9)4-5/h2-4,8H,9H2,1H3/p+1. The minimum atomic E-state index is -0.436. The van der Waals surface area contributed by atoms with E-state index in [1.54, 1.807) is 6.07 Å². The molecule has 1 heterocycles. The summed E-state index contributed by atoms with van der Waals surface area (Å²) in [5.74, 6) is 5.34. The van der Waals surface area contributed by atoms with E-state index in [1.165, 1.54) is 19.4 Å². The number of carbonyl (C=O) groups is 1. The predicted molar refractivity (Wildman–Crippen MR) is 42.5 cm³/mol. The second kappa shape index (κ2) is 3.08. The number of carbonyl (C=O) groups excluding carboxylic acids is 1. The Morgan fingerprint density at radius 2 is 2.25 bits per heavy atom. The van der Waals surface area contributed by atoms with Gasteiger partial charge in [-0.1, -0.05) is 0 Å². The van der Waals surface area contributed by atoms with Crippen LogP contribution in [0.25, 0.3) is 0 Å². The Kier molecular flexibility index (Phi) is 2.14. The molecule has 0 unspecified atom stereocenters. The number of anilines is 1. The smallest absolute Gasteiger partial charge is 0.341 e. The van der Waals surface area contributed by atoms with E-state index in [0.29, 0.717) is 11.4 Å². The number of hydrogen-bond acceptors (Lipinski definition) is 4. The van der Waals surface area contributed by atoms with Gasteiger partial charge in [0.2, 0.25) is 0 Å². The first-order valence-electron chi connectivity index (χ1n) is 3.29. The molecule has 1 aromatic rings. The van der Waals surface area contributed by atoms with Crippen molar-refractivity contribution in [2.75, 3.05) is 18.7 Å². The third-order valence-electron chi connectivity index (χ3n) is 1.43. The molecular formula is C7H10N3O2+. The summed E-state index contributed by atoms with van der Waals surface area (Å²) in [4.78, 5) is 10.9. The Hall–Kier alpha value is -1.78. The van der Waals surface area contributed by atoms with Gasteiger partial charge in [-0.15, -0.1) is 4.68 Å². The quantitative estimate of drug-likeness (QED) is 0.322. The van der Waals surface area contributed by atoms with E-state index in [4.69, 9.17) is 11.6 Å². The summed E-state index contributed by atoms with van der Waals surface area (Å²) in [5, 5.41) is 0. The van der Waals surface area contributed by atoms with Gasteiger partial charge in [-0.25, -0.2) is 4.79 Å². The van der Waals surface area contributed by atoms with Crippen LogP contribution in [0, 0.1) is 0 Å². The first kappa shape index (κ1) is 8.32. The predicted octanol–water partition coefficient (Wildman–Crippen LogP) is -0.943. The van der Waals surface area contributed by atoms with Crippen molar-refractivity contribution in [3.8, 4) is 0 Å². The average Bonchev–Trinajstić information content (AvgIpc) is 2.08.